The van der Waals surface area contributed by atoms with E-state index in [0.717, 1.165) is 12.1 Å². The molecule has 2 aliphatic heterocycles. The summed E-state index contributed by atoms with van der Waals surface area (Å²) < 4.78 is 5.52. The van der Waals surface area contributed by atoms with E-state index in [1.807, 2.05) is 37.9 Å². The van der Waals surface area contributed by atoms with Crippen LogP contribution in [0.3, 0.4) is 0 Å². The molecule has 0 aromatic heterocycles. The number of anilines is 1. The summed E-state index contributed by atoms with van der Waals surface area (Å²) >= 11 is 0. The highest BCUT2D eigenvalue weighted by Gasteiger charge is 2.39. The fourth-order valence-electron chi connectivity index (χ4n) is 2.71. The lowest BCUT2D eigenvalue weighted by Gasteiger charge is -2.24. The maximum Gasteiger partial charge on any atom is 0.355 e. The van der Waals surface area contributed by atoms with E-state index in [9.17, 15) is 4.79 Å². The maximum absolute atomic E-state index is 12.0. The molecule has 0 bridgehead atoms. The second kappa shape index (κ2) is 4.37. The number of hydrogen-bond donors (Lipinski definition) is 0. The Morgan fingerprint density at radius 1 is 1.37 bits per heavy atom. The normalized spacial score (nSPS) is 25.6. The van der Waals surface area contributed by atoms with E-state index in [1.54, 1.807) is 0 Å². The fraction of sp³-hybridized carbons (Fsp3) is 0.467. The zero-order chi connectivity index (χ0) is 13.6. The monoisotopic (exact) mass is 258 g/mol. The van der Waals surface area contributed by atoms with E-state index in [-0.39, 0.29) is 24.0 Å². The molecule has 4 nitrogen and oxygen atoms in total. The number of nitrogens with zero attached hydrogens (tertiary/aromatic N) is 2. The third-order valence-electron chi connectivity index (χ3n) is 3.79. The molecule has 1 aromatic rings. The molecule has 2 heterocycles. The molecule has 0 saturated carbocycles. The van der Waals surface area contributed by atoms with Gasteiger partial charge in [0.2, 0.25) is 0 Å². The SMILES string of the molecule is CC(C)C1=NN2c3ccccc3C[C@H]2[C@@H](C)OC1=O. The topological polar surface area (TPSA) is 41.9 Å². The van der Waals surface area contributed by atoms with Gasteiger partial charge >= 0.3 is 5.97 Å². The average Bonchev–Trinajstić information content (AvgIpc) is 2.68. The average molecular weight is 258 g/mol. The summed E-state index contributed by atoms with van der Waals surface area (Å²) in [5, 5.41) is 6.56. The van der Waals surface area contributed by atoms with Crippen LogP contribution in [0.15, 0.2) is 29.4 Å². The first kappa shape index (κ1) is 12.2. The van der Waals surface area contributed by atoms with E-state index < -0.39 is 0 Å². The van der Waals surface area contributed by atoms with Gasteiger partial charge in [0.15, 0.2) is 0 Å². The van der Waals surface area contributed by atoms with Crippen LogP contribution in [-0.2, 0) is 16.0 Å². The number of carbonyl (C=O) groups excluding carboxylic acids is 1. The van der Waals surface area contributed by atoms with E-state index >= 15 is 0 Å². The zero-order valence-electron chi connectivity index (χ0n) is 11.5. The van der Waals surface area contributed by atoms with Crippen LogP contribution in [0.1, 0.15) is 26.3 Å². The Labute approximate surface area is 113 Å². The van der Waals surface area contributed by atoms with Gasteiger partial charge in [0.25, 0.3) is 0 Å². The van der Waals surface area contributed by atoms with Crippen LogP contribution in [0.5, 0.6) is 0 Å². The predicted molar refractivity (Wildman–Crippen MR) is 74.2 cm³/mol. The van der Waals surface area contributed by atoms with Crippen LogP contribution < -0.4 is 5.01 Å². The number of ether oxygens (including phenoxy) is 1. The Kier molecular flexibility index (Phi) is 2.81. The van der Waals surface area contributed by atoms with Crippen molar-refractivity contribution in [3.63, 3.8) is 0 Å². The molecule has 100 valence electrons. The Hall–Kier alpha value is -1.84. The van der Waals surface area contributed by atoms with Crippen molar-refractivity contribution < 1.29 is 9.53 Å². The van der Waals surface area contributed by atoms with Gasteiger partial charge in [-0.2, -0.15) is 5.10 Å². The van der Waals surface area contributed by atoms with Crippen LogP contribution in [0, 0.1) is 5.92 Å². The Bertz CT molecular complexity index is 551. The first-order chi connectivity index (χ1) is 9.08. The number of fused-ring (bicyclic) bond motifs is 3. The van der Waals surface area contributed by atoms with Crippen molar-refractivity contribution in [1.29, 1.82) is 0 Å². The van der Waals surface area contributed by atoms with Crippen molar-refractivity contribution in [1.82, 2.24) is 0 Å². The first-order valence-corrected chi connectivity index (χ1v) is 6.74. The third kappa shape index (κ3) is 1.91. The molecule has 0 aliphatic carbocycles. The van der Waals surface area contributed by atoms with Gasteiger partial charge in [-0.05, 0) is 18.6 Å². The van der Waals surface area contributed by atoms with E-state index in [4.69, 9.17) is 4.74 Å². The van der Waals surface area contributed by atoms with Gasteiger partial charge in [-0.25, -0.2) is 4.79 Å². The Morgan fingerprint density at radius 2 is 2.11 bits per heavy atom. The minimum absolute atomic E-state index is 0.0613. The molecule has 3 rings (SSSR count). The molecule has 0 spiro atoms. The van der Waals surface area contributed by atoms with Crippen molar-refractivity contribution >= 4 is 17.4 Å². The quantitative estimate of drug-likeness (QED) is 0.726. The molecule has 2 atom stereocenters. The van der Waals surface area contributed by atoms with Crippen LogP contribution in [-0.4, -0.2) is 23.8 Å². The van der Waals surface area contributed by atoms with Crippen molar-refractivity contribution in [3.8, 4) is 0 Å². The first-order valence-electron chi connectivity index (χ1n) is 6.74. The van der Waals surface area contributed by atoms with Crippen LogP contribution in [0.25, 0.3) is 0 Å². The van der Waals surface area contributed by atoms with Gasteiger partial charge in [0.1, 0.15) is 11.8 Å². The lowest BCUT2D eigenvalue weighted by Crippen LogP contribution is -2.37. The van der Waals surface area contributed by atoms with Crippen molar-refractivity contribution in [2.24, 2.45) is 11.0 Å². The third-order valence-corrected chi connectivity index (χ3v) is 3.79. The number of esters is 1. The summed E-state index contributed by atoms with van der Waals surface area (Å²) in [6, 6.07) is 8.32. The van der Waals surface area contributed by atoms with Gasteiger partial charge in [0, 0.05) is 12.3 Å². The lowest BCUT2D eigenvalue weighted by molar-refractivity contribution is -0.140. The number of hydrazone groups is 1. The van der Waals surface area contributed by atoms with Gasteiger partial charge in [0.05, 0.1) is 11.7 Å². The standard InChI is InChI=1S/C15H18N2O2/c1-9(2)14-15(18)19-10(3)13-8-11-6-4-5-7-12(11)17(13)16-14/h4-7,9-10,13H,8H2,1-3H3/t10-,13+/m1/s1. The van der Waals surface area contributed by atoms with E-state index in [1.165, 1.54) is 5.56 Å². The molecule has 0 N–H and O–H groups in total. The highest BCUT2D eigenvalue weighted by molar-refractivity contribution is 6.37. The highest BCUT2D eigenvalue weighted by Crippen LogP contribution is 2.35. The summed E-state index contributed by atoms with van der Waals surface area (Å²) in [4.78, 5) is 12.0. The molecular formula is C15H18N2O2. The van der Waals surface area contributed by atoms with Crippen LogP contribution >= 0.6 is 0 Å². The second-order valence-corrected chi connectivity index (χ2v) is 5.50. The van der Waals surface area contributed by atoms with E-state index in [2.05, 4.69) is 17.2 Å². The molecule has 2 aliphatic rings. The van der Waals surface area contributed by atoms with Crippen molar-refractivity contribution in [2.45, 2.75) is 39.3 Å². The number of rotatable bonds is 1. The maximum atomic E-state index is 12.0. The van der Waals surface area contributed by atoms with Gasteiger partial charge < -0.3 is 4.74 Å². The summed E-state index contributed by atoms with van der Waals surface area (Å²) in [5.41, 5.74) is 2.87. The molecule has 0 fully saturated rings. The van der Waals surface area contributed by atoms with Crippen LogP contribution in [0.4, 0.5) is 5.69 Å². The molecule has 4 heteroatoms. The summed E-state index contributed by atoms with van der Waals surface area (Å²) in [5.74, 6) is -0.222. The minimum Gasteiger partial charge on any atom is -0.456 e. The number of para-hydroxylation sites is 1. The van der Waals surface area contributed by atoms with Gasteiger partial charge in [-0.1, -0.05) is 32.0 Å². The van der Waals surface area contributed by atoms with Crippen molar-refractivity contribution in [2.75, 3.05) is 5.01 Å². The summed E-state index contributed by atoms with van der Waals surface area (Å²) in [6.07, 6.45) is 0.722. The summed E-state index contributed by atoms with van der Waals surface area (Å²) in [7, 11) is 0. The Balaban J connectivity index is 2.09. The summed E-state index contributed by atoms with van der Waals surface area (Å²) in [6.45, 7) is 5.88. The predicted octanol–water partition coefficient (Wildman–Crippen LogP) is 2.38. The van der Waals surface area contributed by atoms with E-state index in [0.29, 0.717) is 5.71 Å². The largest absolute Gasteiger partial charge is 0.456 e. The number of cyclic esters (lactones) is 1. The molecule has 1 aromatic carbocycles. The number of benzene rings is 1. The molecule has 0 unspecified atom stereocenters. The molecular weight excluding hydrogens is 240 g/mol. The number of carbonyl (C=O) groups is 1. The van der Waals surface area contributed by atoms with Gasteiger partial charge in [-0.15, -0.1) is 0 Å². The fourth-order valence-corrected chi connectivity index (χ4v) is 2.71. The smallest absolute Gasteiger partial charge is 0.355 e. The lowest BCUT2D eigenvalue weighted by atomic mass is 10.1. The second-order valence-electron chi connectivity index (χ2n) is 5.50. The van der Waals surface area contributed by atoms with Crippen LogP contribution in [0.2, 0.25) is 0 Å². The van der Waals surface area contributed by atoms with Gasteiger partial charge in [-0.3, -0.25) is 5.01 Å². The number of hydrogen-bond acceptors (Lipinski definition) is 4. The Morgan fingerprint density at radius 3 is 2.84 bits per heavy atom. The van der Waals surface area contributed by atoms with Crippen molar-refractivity contribution in [3.05, 3.63) is 29.8 Å². The highest BCUT2D eigenvalue weighted by atomic mass is 16.5. The minimum atomic E-state index is -0.283. The zero-order valence-corrected chi connectivity index (χ0v) is 11.5. The molecule has 0 amide bonds. The molecule has 0 radical (unpaired) electrons. The molecule has 19 heavy (non-hydrogen) atoms. The molecule has 0 saturated heterocycles.